The molecule has 1 unspecified atom stereocenters. The molecule has 1 rings (SSSR count). The minimum Gasteiger partial charge on any atom is -0.452 e. The highest BCUT2D eigenvalue weighted by molar-refractivity contribution is 5.84. The van der Waals surface area contributed by atoms with Crippen molar-refractivity contribution in [2.24, 2.45) is 0 Å². The molecule has 0 N–H and O–H groups in total. The number of carbonyl (C=O) groups is 1. The average molecular weight is 154 g/mol. The van der Waals surface area contributed by atoms with E-state index in [2.05, 4.69) is 6.58 Å². The van der Waals surface area contributed by atoms with Crippen LogP contribution >= 0.6 is 0 Å². The fourth-order valence-corrected chi connectivity index (χ4v) is 0.771. The smallest absolute Gasteiger partial charge is 0.331 e. The molecule has 1 aliphatic rings. The van der Waals surface area contributed by atoms with Crippen molar-refractivity contribution in [1.29, 1.82) is 0 Å². The van der Waals surface area contributed by atoms with Crippen molar-refractivity contribution in [1.82, 2.24) is 0 Å². The van der Waals surface area contributed by atoms with Crippen molar-refractivity contribution < 1.29 is 14.3 Å². The molecule has 3 heteroatoms. The van der Waals surface area contributed by atoms with Gasteiger partial charge < -0.3 is 9.47 Å². The maximum Gasteiger partial charge on any atom is 0.331 e. The predicted molar refractivity (Wildman–Crippen MR) is 40.0 cm³/mol. The molecule has 60 valence electrons. The fraction of sp³-hybridized carbons (Fsp3) is 0.375. The number of hydrogen-bond donors (Lipinski definition) is 0. The van der Waals surface area contributed by atoms with Gasteiger partial charge in [0, 0.05) is 6.08 Å². The van der Waals surface area contributed by atoms with Crippen molar-refractivity contribution in [3.05, 3.63) is 24.8 Å². The standard InChI is InChI=1S/C8H10O3/c1-2-5-10-6-7-3-4-8(9)11-7/h2-4,7H,1,5-6H2. The Kier molecular flexibility index (Phi) is 2.86. The third-order valence-electron chi connectivity index (χ3n) is 1.23. The third-order valence-corrected chi connectivity index (χ3v) is 1.23. The topological polar surface area (TPSA) is 35.5 Å². The van der Waals surface area contributed by atoms with Crippen molar-refractivity contribution >= 4 is 5.97 Å². The first-order valence-electron chi connectivity index (χ1n) is 3.40. The third kappa shape index (κ3) is 2.55. The predicted octanol–water partition coefficient (Wildman–Crippen LogP) is 0.671. The number of cyclic esters (lactones) is 1. The van der Waals surface area contributed by atoms with E-state index in [0.717, 1.165) is 0 Å². The van der Waals surface area contributed by atoms with Gasteiger partial charge in [0.25, 0.3) is 0 Å². The van der Waals surface area contributed by atoms with Crippen LogP contribution in [0.5, 0.6) is 0 Å². The zero-order valence-corrected chi connectivity index (χ0v) is 6.16. The van der Waals surface area contributed by atoms with Crippen LogP contribution in [0.15, 0.2) is 24.8 Å². The van der Waals surface area contributed by atoms with Gasteiger partial charge in [-0.1, -0.05) is 6.08 Å². The van der Waals surface area contributed by atoms with Crippen LogP contribution in [0, 0.1) is 0 Å². The summed E-state index contributed by atoms with van der Waals surface area (Å²) in [5.41, 5.74) is 0. The normalized spacial score (nSPS) is 21.8. The first kappa shape index (κ1) is 8.01. The minimum atomic E-state index is -0.294. The van der Waals surface area contributed by atoms with Crippen LogP contribution in [0.3, 0.4) is 0 Å². The van der Waals surface area contributed by atoms with E-state index in [0.29, 0.717) is 13.2 Å². The van der Waals surface area contributed by atoms with E-state index in [9.17, 15) is 4.79 Å². The molecule has 0 saturated carbocycles. The molecule has 0 fully saturated rings. The molecule has 1 aliphatic heterocycles. The first-order valence-corrected chi connectivity index (χ1v) is 3.40. The number of esters is 1. The molecule has 0 aromatic heterocycles. The SMILES string of the molecule is C=CCOCC1C=CC(=O)O1. The van der Waals surface area contributed by atoms with Crippen molar-refractivity contribution in [3.63, 3.8) is 0 Å². The van der Waals surface area contributed by atoms with Gasteiger partial charge in [0.05, 0.1) is 13.2 Å². The number of hydrogen-bond acceptors (Lipinski definition) is 3. The molecule has 0 aromatic rings. The van der Waals surface area contributed by atoms with Gasteiger partial charge >= 0.3 is 5.97 Å². The van der Waals surface area contributed by atoms with Crippen molar-refractivity contribution in [2.75, 3.05) is 13.2 Å². The lowest BCUT2D eigenvalue weighted by molar-refractivity contribution is -0.140. The second-order valence-corrected chi connectivity index (χ2v) is 2.16. The fourth-order valence-electron chi connectivity index (χ4n) is 0.771. The van der Waals surface area contributed by atoms with Crippen LogP contribution in [-0.4, -0.2) is 25.3 Å². The first-order chi connectivity index (χ1) is 5.33. The summed E-state index contributed by atoms with van der Waals surface area (Å²) in [6, 6.07) is 0. The van der Waals surface area contributed by atoms with Crippen LogP contribution in [0.25, 0.3) is 0 Å². The molecule has 0 saturated heterocycles. The number of carbonyl (C=O) groups excluding carboxylic acids is 1. The largest absolute Gasteiger partial charge is 0.452 e. The lowest BCUT2D eigenvalue weighted by Crippen LogP contribution is -2.15. The van der Waals surface area contributed by atoms with E-state index in [1.165, 1.54) is 6.08 Å². The monoisotopic (exact) mass is 154 g/mol. The molecule has 3 nitrogen and oxygen atoms in total. The van der Waals surface area contributed by atoms with Crippen LogP contribution in [0.2, 0.25) is 0 Å². The number of ether oxygens (including phenoxy) is 2. The average Bonchev–Trinajstić information content (AvgIpc) is 2.37. The maximum absolute atomic E-state index is 10.5. The molecule has 0 aliphatic carbocycles. The molecule has 0 amide bonds. The Balaban J connectivity index is 2.14. The summed E-state index contributed by atoms with van der Waals surface area (Å²) in [6.07, 6.45) is 4.54. The molecule has 1 heterocycles. The summed E-state index contributed by atoms with van der Waals surface area (Å²) in [7, 11) is 0. The Morgan fingerprint density at radius 2 is 2.64 bits per heavy atom. The van der Waals surface area contributed by atoms with Gasteiger partial charge in [-0.25, -0.2) is 4.79 Å². The Hall–Kier alpha value is -1.09. The molecule has 1 atom stereocenters. The molecule has 0 spiro atoms. The summed E-state index contributed by atoms with van der Waals surface area (Å²) < 4.78 is 9.87. The van der Waals surface area contributed by atoms with Crippen molar-refractivity contribution in [3.8, 4) is 0 Å². The van der Waals surface area contributed by atoms with Gasteiger partial charge in [-0.15, -0.1) is 6.58 Å². The zero-order valence-electron chi connectivity index (χ0n) is 6.16. The van der Waals surface area contributed by atoms with Crippen LogP contribution in [0.4, 0.5) is 0 Å². The van der Waals surface area contributed by atoms with E-state index in [-0.39, 0.29) is 12.1 Å². The van der Waals surface area contributed by atoms with E-state index >= 15 is 0 Å². The summed E-state index contributed by atoms with van der Waals surface area (Å²) in [5, 5.41) is 0. The highest BCUT2D eigenvalue weighted by Crippen LogP contribution is 2.04. The molecule has 11 heavy (non-hydrogen) atoms. The van der Waals surface area contributed by atoms with Gasteiger partial charge in [0.2, 0.25) is 0 Å². The minimum absolute atomic E-state index is 0.206. The van der Waals surface area contributed by atoms with E-state index in [1.807, 2.05) is 0 Å². The van der Waals surface area contributed by atoms with Crippen LogP contribution < -0.4 is 0 Å². The maximum atomic E-state index is 10.5. The lowest BCUT2D eigenvalue weighted by Gasteiger charge is -2.06. The Bertz CT molecular complexity index is 184. The molecule has 0 radical (unpaired) electrons. The lowest BCUT2D eigenvalue weighted by atomic mass is 10.4. The summed E-state index contributed by atoms with van der Waals surface area (Å²) >= 11 is 0. The van der Waals surface area contributed by atoms with Gasteiger partial charge in [0.1, 0.15) is 6.10 Å². The highest BCUT2D eigenvalue weighted by Gasteiger charge is 2.15. The van der Waals surface area contributed by atoms with Gasteiger partial charge in [-0.3, -0.25) is 0 Å². The molecule has 0 bridgehead atoms. The Labute approximate surface area is 65.3 Å². The summed E-state index contributed by atoms with van der Waals surface area (Å²) in [4.78, 5) is 10.5. The second-order valence-electron chi connectivity index (χ2n) is 2.16. The second kappa shape index (κ2) is 3.93. The van der Waals surface area contributed by atoms with Crippen LogP contribution in [0.1, 0.15) is 0 Å². The van der Waals surface area contributed by atoms with Gasteiger partial charge in [-0.2, -0.15) is 0 Å². The zero-order chi connectivity index (χ0) is 8.10. The quantitative estimate of drug-likeness (QED) is 0.339. The van der Waals surface area contributed by atoms with E-state index in [4.69, 9.17) is 9.47 Å². The summed E-state index contributed by atoms with van der Waals surface area (Å²) in [5.74, 6) is -0.294. The Morgan fingerprint density at radius 3 is 3.18 bits per heavy atom. The summed E-state index contributed by atoms with van der Waals surface area (Å²) in [6.45, 7) is 4.39. The van der Waals surface area contributed by atoms with E-state index < -0.39 is 0 Å². The van der Waals surface area contributed by atoms with Crippen molar-refractivity contribution in [2.45, 2.75) is 6.10 Å². The molecule has 0 aromatic carbocycles. The molecular formula is C8H10O3. The molecular weight excluding hydrogens is 144 g/mol. The van der Waals surface area contributed by atoms with Gasteiger partial charge in [0.15, 0.2) is 0 Å². The van der Waals surface area contributed by atoms with Crippen LogP contribution in [-0.2, 0) is 14.3 Å². The highest BCUT2D eigenvalue weighted by atomic mass is 16.6. The Morgan fingerprint density at radius 1 is 1.82 bits per heavy atom. The van der Waals surface area contributed by atoms with Gasteiger partial charge in [-0.05, 0) is 6.08 Å². The van der Waals surface area contributed by atoms with E-state index in [1.54, 1.807) is 12.2 Å². The number of rotatable bonds is 4.